The van der Waals surface area contributed by atoms with Gasteiger partial charge in [0.05, 0.1) is 12.2 Å². The van der Waals surface area contributed by atoms with Crippen molar-refractivity contribution in [2.75, 3.05) is 0 Å². The van der Waals surface area contributed by atoms with Crippen molar-refractivity contribution in [3.8, 4) is 0 Å². The number of hydrogen-bond acceptors (Lipinski definition) is 3. The van der Waals surface area contributed by atoms with E-state index in [0.29, 0.717) is 6.42 Å². The molecule has 22 heavy (non-hydrogen) atoms. The Balaban J connectivity index is 3.47. The predicted molar refractivity (Wildman–Crippen MR) is 89.9 cm³/mol. The molecule has 2 unspecified atom stereocenters. The second-order valence-electron chi connectivity index (χ2n) is 6.04. The first-order valence-electron chi connectivity index (χ1n) is 8.82. The molecule has 0 rings (SSSR count). The standard InChI is InChI=1S/C18H34O4/c1-2-3-4-7-10-13-16(19)17(20)14-11-8-5-6-9-12-15-18(21)22/h10,13,16-17,19-20H,2-9,11-12,14-15H2,1H3,(H,21,22)/b13-10+. The van der Waals surface area contributed by atoms with E-state index in [2.05, 4.69) is 6.92 Å². The first kappa shape index (κ1) is 21.1. The minimum atomic E-state index is -0.753. The molecule has 0 bridgehead atoms. The molecule has 0 radical (unpaired) electrons. The van der Waals surface area contributed by atoms with Crippen molar-refractivity contribution in [3.05, 3.63) is 12.2 Å². The van der Waals surface area contributed by atoms with Gasteiger partial charge < -0.3 is 15.3 Å². The van der Waals surface area contributed by atoms with Crippen molar-refractivity contribution in [3.63, 3.8) is 0 Å². The molecule has 4 heteroatoms. The number of allylic oxidation sites excluding steroid dienone is 1. The smallest absolute Gasteiger partial charge is 0.303 e. The van der Waals surface area contributed by atoms with E-state index in [9.17, 15) is 15.0 Å². The van der Waals surface area contributed by atoms with Crippen molar-refractivity contribution in [1.29, 1.82) is 0 Å². The lowest BCUT2D eigenvalue weighted by Crippen LogP contribution is -2.23. The molecule has 0 aromatic carbocycles. The molecular weight excluding hydrogens is 280 g/mol. The van der Waals surface area contributed by atoms with Crippen LogP contribution in [-0.4, -0.2) is 33.5 Å². The van der Waals surface area contributed by atoms with Crippen molar-refractivity contribution < 1.29 is 20.1 Å². The van der Waals surface area contributed by atoms with Crippen LogP contribution in [0.1, 0.15) is 84.0 Å². The first-order valence-corrected chi connectivity index (χ1v) is 8.82. The Bertz CT molecular complexity index is 289. The van der Waals surface area contributed by atoms with Gasteiger partial charge in [-0.25, -0.2) is 0 Å². The number of aliphatic hydroxyl groups excluding tert-OH is 2. The molecular formula is C18H34O4. The summed E-state index contributed by atoms with van der Waals surface area (Å²) < 4.78 is 0. The third kappa shape index (κ3) is 14.1. The topological polar surface area (TPSA) is 77.8 Å². The van der Waals surface area contributed by atoms with Crippen LogP contribution in [0.4, 0.5) is 0 Å². The van der Waals surface area contributed by atoms with E-state index in [-0.39, 0.29) is 6.42 Å². The Labute approximate surface area is 135 Å². The first-order chi connectivity index (χ1) is 10.6. The van der Waals surface area contributed by atoms with Gasteiger partial charge in [-0.2, -0.15) is 0 Å². The van der Waals surface area contributed by atoms with Crippen LogP contribution < -0.4 is 0 Å². The number of unbranched alkanes of at least 4 members (excludes halogenated alkanes) is 8. The van der Waals surface area contributed by atoms with Crippen LogP contribution in [0.5, 0.6) is 0 Å². The minimum absolute atomic E-state index is 0.259. The molecule has 0 fully saturated rings. The number of carbonyl (C=O) groups is 1. The van der Waals surface area contributed by atoms with E-state index in [1.165, 1.54) is 12.8 Å². The molecule has 4 nitrogen and oxygen atoms in total. The van der Waals surface area contributed by atoms with Gasteiger partial charge in [-0.3, -0.25) is 4.79 Å². The average Bonchev–Trinajstić information content (AvgIpc) is 2.48. The fraction of sp³-hybridized carbons (Fsp3) is 0.833. The molecule has 0 saturated heterocycles. The van der Waals surface area contributed by atoms with E-state index in [4.69, 9.17) is 5.11 Å². The lowest BCUT2D eigenvalue weighted by Gasteiger charge is -2.14. The third-order valence-corrected chi connectivity index (χ3v) is 3.84. The molecule has 0 aliphatic carbocycles. The molecule has 0 spiro atoms. The van der Waals surface area contributed by atoms with Crippen LogP contribution in [0.15, 0.2) is 12.2 Å². The third-order valence-electron chi connectivity index (χ3n) is 3.84. The van der Waals surface area contributed by atoms with Gasteiger partial charge >= 0.3 is 5.97 Å². The highest BCUT2D eigenvalue weighted by Crippen LogP contribution is 2.12. The lowest BCUT2D eigenvalue weighted by atomic mass is 10.0. The van der Waals surface area contributed by atoms with Gasteiger partial charge in [0.15, 0.2) is 0 Å². The maximum atomic E-state index is 10.3. The molecule has 0 aromatic heterocycles. The summed E-state index contributed by atoms with van der Waals surface area (Å²) in [6, 6.07) is 0. The van der Waals surface area contributed by atoms with E-state index < -0.39 is 18.2 Å². The normalized spacial score (nSPS) is 14.3. The zero-order valence-electron chi connectivity index (χ0n) is 14.0. The second-order valence-corrected chi connectivity index (χ2v) is 6.04. The summed E-state index contributed by atoms with van der Waals surface area (Å²) in [5, 5.41) is 28.2. The summed E-state index contributed by atoms with van der Waals surface area (Å²) in [6.45, 7) is 2.16. The lowest BCUT2D eigenvalue weighted by molar-refractivity contribution is -0.137. The molecule has 130 valence electrons. The van der Waals surface area contributed by atoms with E-state index in [0.717, 1.165) is 51.4 Å². The Morgan fingerprint density at radius 3 is 2.23 bits per heavy atom. The van der Waals surface area contributed by atoms with Gasteiger partial charge in [-0.05, 0) is 25.7 Å². The van der Waals surface area contributed by atoms with Crippen molar-refractivity contribution in [2.45, 2.75) is 96.2 Å². The summed E-state index contributed by atoms with van der Waals surface area (Å²) in [5.74, 6) is -0.722. The van der Waals surface area contributed by atoms with Gasteiger partial charge in [0.25, 0.3) is 0 Å². The Morgan fingerprint density at radius 2 is 1.59 bits per heavy atom. The monoisotopic (exact) mass is 314 g/mol. The average molecular weight is 314 g/mol. The zero-order chi connectivity index (χ0) is 16.6. The van der Waals surface area contributed by atoms with Gasteiger partial charge in [0.1, 0.15) is 0 Å². The van der Waals surface area contributed by atoms with Gasteiger partial charge in [-0.1, -0.05) is 64.0 Å². The van der Waals surface area contributed by atoms with Gasteiger partial charge in [-0.15, -0.1) is 0 Å². The fourth-order valence-electron chi connectivity index (χ4n) is 2.38. The molecule has 0 amide bonds. The van der Waals surface area contributed by atoms with Gasteiger partial charge in [0.2, 0.25) is 0 Å². The summed E-state index contributed by atoms with van der Waals surface area (Å²) >= 11 is 0. The number of hydrogen-bond donors (Lipinski definition) is 3. The molecule has 0 heterocycles. The van der Waals surface area contributed by atoms with Crippen LogP contribution in [0.25, 0.3) is 0 Å². The van der Waals surface area contributed by atoms with Crippen LogP contribution in [0.3, 0.4) is 0 Å². The Hall–Kier alpha value is -0.870. The fourth-order valence-corrected chi connectivity index (χ4v) is 2.38. The van der Waals surface area contributed by atoms with E-state index in [1.54, 1.807) is 6.08 Å². The molecule has 0 aliphatic rings. The number of carboxylic acids is 1. The Morgan fingerprint density at radius 1 is 0.955 bits per heavy atom. The number of aliphatic carboxylic acids is 1. The summed E-state index contributed by atoms with van der Waals surface area (Å²) in [6.07, 6.45) is 13.4. The molecule has 2 atom stereocenters. The van der Waals surface area contributed by atoms with Crippen LogP contribution in [0.2, 0.25) is 0 Å². The predicted octanol–water partition coefficient (Wildman–Crippen LogP) is 4.05. The molecule has 0 saturated carbocycles. The highest BCUT2D eigenvalue weighted by atomic mass is 16.4. The Kier molecular flexibility index (Phi) is 14.4. The van der Waals surface area contributed by atoms with Crippen molar-refractivity contribution in [2.24, 2.45) is 0 Å². The quantitative estimate of drug-likeness (QED) is 0.315. The maximum Gasteiger partial charge on any atom is 0.303 e. The largest absolute Gasteiger partial charge is 0.481 e. The number of carboxylic acid groups (broad SMARTS) is 1. The summed E-state index contributed by atoms with van der Waals surface area (Å²) in [4.78, 5) is 10.3. The van der Waals surface area contributed by atoms with Crippen LogP contribution >= 0.6 is 0 Å². The summed E-state index contributed by atoms with van der Waals surface area (Å²) in [7, 11) is 0. The number of aliphatic hydroxyl groups is 2. The second kappa shape index (κ2) is 15.0. The minimum Gasteiger partial charge on any atom is -0.481 e. The van der Waals surface area contributed by atoms with Crippen LogP contribution in [0, 0.1) is 0 Å². The highest BCUT2D eigenvalue weighted by Gasteiger charge is 2.12. The van der Waals surface area contributed by atoms with Crippen LogP contribution in [-0.2, 0) is 4.79 Å². The molecule has 0 aromatic rings. The van der Waals surface area contributed by atoms with E-state index in [1.807, 2.05) is 6.08 Å². The van der Waals surface area contributed by atoms with Crippen molar-refractivity contribution in [1.82, 2.24) is 0 Å². The number of rotatable bonds is 15. The molecule has 0 aliphatic heterocycles. The van der Waals surface area contributed by atoms with Crippen molar-refractivity contribution >= 4 is 5.97 Å². The highest BCUT2D eigenvalue weighted by molar-refractivity contribution is 5.66. The SMILES string of the molecule is CCCCC/C=C/C(O)C(O)CCCCCCCCC(=O)O. The summed E-state index contributed by atoms with van der Waals surface area (Å²) in [5.41, 5.74) is 0. The van der Waals surface area contributed by atoms with E-state index >= 15 is 0 Å². The molecule has 3 N–H and O–H groups in total. The maximum absolute atomic E-state index is 10.3. The van der Waals surface area contributed by atoms with Gasteiger partial charge in [0, 0.05) is 6.42 Å². The zero-order valence-corrected chi connectivity index (χ0v) is 14.0.